The standard InChI is InChI=1S/C17H23N3/c1-17(2)8-7-14-5-3-4-6-15(14)16(17)19-10-12-20-11-9-18-13-20/h3-6,9,11,13,16,19H,7-8,10,12H2,1-2H3. The molecule has 1 aliphatic rings. The number of aryl methyl sites for hydroxylation is 1. The molecule has 3 heteroatoms. The number of imidazole rings is 1. The van der Waals surface area contributed by atoms with Gasteiger partial charge in [-0.25, -0.2) is 4.98 Å². The lowest BCUT2D eigenvalue weighted by Gasteiger charge is -2.40. The predicted octanol–water partition coefficient (Wildman–Crippen LogP) is 3.19. The molecule has 1 atom stereocenters. The first-order chi connectivity index (χ1) is 9.67. The van der Waals surface area contributed by atoms with E-state index in [2.05, 4.69) is 53.0 Å². The molecular weight excluding hydrogens is 246 g/mol. The van der Waals surface area contributed by atoms with Crippen molar-refractivity contribution < 1.29 is 0 Å². The summed E-state index contributed by atoms with van der Waals surface area (Å²) in [5.74, 6) is 0. The lowest BCUT2D eigenvalue weighted by atomic mass is 9.70. The van der Waals surface area contributed by atoms with Crippen LogP contribution in [0.2, 0.25) is 0 Å². The van der Waals surface area contributed by atoms with Crippen LogP contribution in [0.3, 0.4) is 0 Å². The van der Waals surface area contributed by atoms with E-state index >= 15 is 0 Å². The molecule has 0 aliphatic heterocycles. The maximum Gasteiger partial charge on any atom is 0.0946 e. The van der Waals surface area contributed by atoms with Gasteiger partial charge in [0.2, 0.25) is 0 Å². The molecule has 2 aromatic rings. The lowest BCUT2D eigenvalue weighted by Crippen LogP contribution is -2.39. The first-order valence-electron chi connectivity index (χ1n) is 7.44. The van der Waals surface area contributed by atoms with Gasteiger partial charge in [-0.1, -0.05) is 38.1 Å². The summed E-state index contributed by atoms with van der Waals surface area (Å²) in [4.78, 5) is 4.09. The van der Waals surface area contributed by atoms with Crippen LogP contribution >= 0.6 is 0 Å². The Bertz CT molecular complexity index is 557. The molecule has 106 valence electrons. The quantitative estimate of drug-likeness (QED) is 0.924. The Hall–Kier alpha value is -1.61. The van der Waals surface area contributed by atoms with E-state index in [1.165, 1.54) is 24.0 Å². The molecule has 1 unspecified atom stereocenters. The van der Waals surface area contributed by atoms with Crippen LogP contribution in [0.15, 0.2) is 43.0 Å². The van der Waals surface area contributed by atoms with Crippen LogP contribution in [0, 0.1) is 5.41 Å². The molecule has 0 saturated carbocycles. The highest BCUT2D eigenvalue weighted by atomic mass is 15.1. The molecular formula is C17H23N3. The molecule has 1 N–H and O–H groups in total. The van der Waals surface area contributed by atoms with Crippen molar-refractivity contribution in [3.8, 4) is 0 Å². The second-order valence-corrected chi connectivity index (χ2v) is 6.38. The number of rotatable bonds is 4. The Morgan fingerprint density at radius 1 is 1.35 bits per heavy atom. The zero-order valence-corrected chi connectivity index (χ0v) is 12.3. The number of hydrogen-bond donors (Lipinski definition) is 1. The fourth-order valence-electron chi connectivity index (χ4n) is 3.21. The first kappa shape index (κ1) is 13.4. The van der Waals surface area contributed by atoms with Gasteiger partial charge in [-0.3, -0.25) is 0 Å². The average molecular weight is 269 g/mol. The predicted molar refractivity (Wildman–Crippen MR) is 81.5 cm³/mol. The maximum atomic E-state index is 4.09. The fraction of sp³-hybridized carbons (Fsp3) is 0.471. The van der Waals surface area contributed by atoms with Gasteiger partial charge in [0.05, 0.1) is 6.33 Å². The molecule has 0 radical (unpaired) electrons. The van der Waals surface area contributed by atoms with Crippen molar-refractivity contribution in [3.63, 3.8) is 0 Å². The number of fused-ring (bicyclic) bond motifs is 1. The second-order valence-electron chi connectivity index (χ2n) is 6.38. The third kappa shape index (κ3) is 2.63. The van der Waals surface area contributed by atoms with E-state index in [0.717, 1.165) is 13.1 Å². The Morgan fingerprint density at radius 3 is 3.00 bits per heavy atom. The smallest absolute Gasteiger partial charge is 0.0946 e. The van der Waals surface area contributed by atoms with E-state index in [9.17, 15) is 0 Å². The summed E-state index contributed by atoms with van der Waals surface area (Å²) >= 11 is 0. The van der Waals surface area contributed by atoms with Gasteiger partial charge in [0, 0.05) is 31.5 Å². The van der Waals surface area contributed by atoms with E-state index in [4.69, 9.17) is 0 Å². The van der Waals surface area contributed by atoms with Gasteiger partial charge in [-0.15, -0.1) is 0 Å². The van der Waals surface area contributed by atoms with Crippen molar-refractivity contribution in [2.24, 2.45) is 5.41 Å². The van der Waals surface area contributed by atoms with E-state index in [0.29, 0.717) is 11.5 Å². The Morgan fingerprint density at radius 2 is 2.20 bits per heavy atom. The third-order valence-corrected chi connectivity index (χ3v) is 4.46. The van der Waals surface area contributed by atoms with Crippen molar-refractivity contribution in [3.05, 3.63) is 54.1 Å². The Kier molecular flexibility index (Phi) is 3.62. The summed E-state index contributed by atoms with van der Waals surface area (Å²) in [5, 5.41) is 3.76. The summed E-state index contributed by atoms with van der Waals surface area (Å²) in [5.41, 5.74) is 3.30. The van der Waals surface area contributed by atoms with Crippen molar-refractivity contribution >= 4 is 0 Å². The van der Waals surface area contributed by atoms with Gasteiger partial charge >= 0.3 is 0 Å². The summed E-state index contributed by atoms with van der Waals surface area (Å²) in [7, 11) is 0. The van der Waals surface area contributed by atoms with E-state index < -0.39 is 0 Å². The monoisotopic (exact) mass is 269 g/mol. The highest BCUT2D eigenvalue weighted by Crippen LogP contribution is 2.43. The number of nitrogens with one attached hydrogen (secondary N) is 1. The highest BCUT2D eigenvalue weighted by Gasteiger charge is 2.35. The second kappa shape index (κ2) is 5.41. The molecule has 0 spiro atoms. The summed E-state index contributed by atoms with van der Waals surface area (Å²) < 4.78 is 2.12. The van der Waals surface area contributed by atoms with E-state index in [-0.39, 0.29) is 0 Å². The van der Waals surface area contributed by atoms with Crippen LogP contribution in [-0.4, -0.2) is 16.1 Å². The van der Waals surface area contributed by atoms with Gasteiger partial charge < -0.3 is 9.88 Å². The molecule has 1 aromatic heterocycles. The highest BCUT2D eigenvalue weighted by molar-refractivity contribution is 5.34. The Balaban J connectivity index is 1.72. The largest absolute Gasteiger partial charge is 0.336 e. The zero-order valence-electron chi connectivity index (χ0n) is 12.3. The number of hydrogen-bond acceptors (Lipinski definition) is 2. The van der Waals surface area contributed by atoms with Gasteiger partial charge in [0.1, 0.15) is 0 Å². The van der Waals surface area contributed by atoms with Crippen LogP contribution in [0.1, 0.15) is 37.4 Å². The Labute approximate surface area is 121 Å². The topological polar surface area (TPSA) is 29.9 Å². The minimum Gasteiger partial charge on any atom is -0.336 e. The minimum atomic E-state index is 0.309. The van der Waals surface area contributed by atoms with Crippen LogP contribution in [0.25, 0.3) is 0 Å². The summed E-state index contributed by atoms with van der Waals surface area (Å²) in [6, 6.07) is 9.31. The molecule has 1 aliphatic carbocycles. The number of nitrogens with zero attached hydrogens (tertiary/aromatic N) is 2. The zero-order chi connectivity index (χ0) is 14.0. The lowest BCUT2D eigenvalue weighted by molar-refractivity contribution is 0.208. The van der Waals surface area contributed by atoms with Crippen LogP contribution in [-0.2, 0) is 13.0 Å². The molecule has 3 rings (SSSR count). The van der Waals surface area contributed by atoms with Gasteiger partial charge in [0.25, 0.3) is 0 Å². The SMILES string of the molecule is CC1(C)CCc2ccccc2C1NCCn1ccnc1. The molecule has 1 aromatic carbocycles. The van der Waals surface area contributed by atoms with Crippen LogP contribution in [0.4, 0.5) is 0 Å². The van der Waals surface area contributed by atoms with Crippen molar-refractivity contribution in [2.75, 3.05) is 6.54 Å². The molecule has 20 heavy (non-hydrogen) atoms. The molecule has 0 saturated heterocycles. The molecule has 3 nitrogen and oxygen atoms in total. The molecule has 1 heterocycles. The van der Waals surface area contributed by atoms with Crippen molar-refractivity contribution in [1.29, 1.82) is 0 Å². The molecule has 0 bridgehead atoms. The summed E-state index contributed by atoms with van der Waals surface area (Å²) in [6.07, 6.45) is 8.17. The molecule has 0 fully saturated rings. The summed E-state index contributed by atoms with van der Waals surface area (Å²) in [6.45, 7) is 6.68. The first-order valence-corrected chi connectivity index (χ1v) is 7.44. The van der Waals surface area contributed by atoms with Gasteiger partial charge in [-0.05, 0) is 29.4 Å². The fourth-order valence-corrected chi connectivity index (χ4v) is 3.21. The third-order valence-electron chi connectivity index (χ3n) is 4.46. The van der Waals surface area contributed by atoms with Crippen LogP contribution < -0.4 is 5.32 Å². The van der Waals surface area contributed by atoms with Gasteiger partial charge in [0.15, 0.2) is 0 Å². The van der Waals surface area contributed by atoms with Crippen molar-refractivity contribution in [2.45, 2.75) is 39.3 Å². The normalized spacial score (nSPS) is 20.6. The number of aromatic nitrogens is 2. The molecule has 0 amide bonds. The van der Waals surface area contributed by atoms with E-state index in [1.54, 1.807) is 0 Å². The maximum absolute atomic E-state index is 4.09. The van der Waals surface area contributed by atoms with E-state index in [1.807, 2.05) is 18.7 Å². The van der Waals surface area contributed by atoms with Crippen LogP contribution in [0.5, 0.6) is 0 Å². The average Bonchev–Trinajstić information content (AvgIpc) is 2.94. The number of benzene rings is 1. The van der Waals surface area contributed by atoms with Crippen molar-refractivity contribution in [1.82, 2.24) is 14.9 Å². The van der Waals surface area contributed by atoms with Gasteiger partial charge in [-0.2, -0.15) is 0 Å². The minimum absolute atomic E-state index is 0.309.